The van der Waals surface area contributed by atoms with Crippen LogP contribution >= 0.6 is 0 Å². The lowest BCUT2D eigenvalue weighted by Crippen LogP contribution is -2.25. The highest BCUT2D eigenvalue weighted by molar-refractivity contribution is 5.85. The second-order valence-corrected chi connectivity index (χ2v) is 2.61. The first kappa shape index (κ1) is 7.54. The highest BCUT2D eigenvalue weighted by Crippen LogP contribution is 2.04. The molecule has 3 heteroatoms. The van der Waals surface area contributed by atoms with Gasteiger partial charge in [0.25, 0.3) is 0 Å². The summed E-state index contributed by atoms with van der Waals surface area (Å²) >= 11 is 0. The molecule has 0 amide bonds. The number of nitrogens with one attached hydrogen (secondary N) is 1. The standard InChI is InChI=1S/C7H14N2O/c1-6(2-5-10)7-8-3-4-9-7/h6,10H,2-5H2,1H3,(H,8,9). The quantitative estimate of drug-likeness (QED) is 0.583. The zero-order chi connectivity index (χ0) is 7.40. The maximum atomic E-state index is 8.61. The van der Waals surface area contributed by atoms with Gasteiger partial charge in [-0.2, -0.15) is 0 Å². The van der Waals surface area contributed by atoms with Gasteiger partial charge in [0.1, 0.15) is 0 Å². The summed E-state index contributed by atoms with van der Waals surface area (Å²) in [5, 5.41) is 11.8. The van der Waals surface area contributed by atoms with Crippen molar-refractivity contribution in [3.63, 3.8) is 0 Å². The summed E-state index contributed by atoms with van der Waals surface area (Å²) < 4.78 is 0. The Kier molecular flexibility index (Phi) is 2.68. The van der Waals surface area contributed by atoms with Crippen LogP contribution in [0.1, 0.15) is 13.3 Å². The fourth-order valence-corrected chi connectivity index (χ4v) is 1.08. The van der Waals surface area contributed by atoms with Crippen molar-refractivity contribution in [3.05, 3.63) is 0 Å². The molecule has 0 aromatic rings. The molecule has 1 heterocycles. The Morgan fingerprint density at radius 1 is 1.80 bits per heavy atom. The van der Waals surface area contributed by atoms with Crippen LogP contribution in [-0.4, -0.2) is 30.6 Å². The van der Waals surface area contributed by atoms with Crippen LogP contribution in [0.3, 0.4) is 0 Å². The van der Waals surface area contributed by atoms with E-state index in [1.54, 1.807) is 0 Å². The molecule has 1 aliphatic heterocycles. The Morgan fingerprint density at radius 3 is 3.10 bits per heavy atom. The molecule has 0 aromatic heterocycles. The number of amidine groups is 1. The van der Waals surface area contributed by atoms with E-state index in [0.717, 1.165) is 25.3 Å². The van der Waals surface area contributed by atoms with Gasteiger partial charge in [-0.3, -0.25) is 4.99 Å². The number of aliphatic hydroxyl groups excluding tert-OH is 1. The lowest BCUT2D eigenvalue weighted by molar-refractivity contribution is 0.277. The van der Waals surface area contributed by atoms with E-state index < -0.39 is 0 Å². The summed E-state index contributed by atoms with van der Waals surface area (Å²) in [7, 11) is 0. The highest BCUT2D eigenvalue weighted by Gasteiger charge is 2.12. The van der Waals surface area contributed by atoms with Gasteiger partial charge in [0.2, 0.25) is 0 Å². The van der Waals surface area contributed by atoms with Crippen LogP contribution in [0.25, 0.3) is 0 Å². The van der Waals surface area contributed by atoms with Crippen LogP contribution in [0.15, 0.2) is 4.99 Å². The minimum atomic E-state index is 0.252. The first-order valence-corrected chi connectivity index (χ1v) is 3.73. The van der Waals surface area contributed by atoms with Crippen LogP contribution in [0.5, 0.6) is 0 Å². The van der Waals surface area contributed by atoms with Crippen molar-refractivity contribution >= 4 is 5.84 Å². The van der Waals surface area contributed by atoms with Crippen molar-refractivity contribution in [1.82, 2.24) is 5.32 Å². The van der Waals surface area contributed by atoms with Gasteiger partial charge in [-0.05, 0) is 6.42 Å². The lowest BCUT2D eigenvalue weighted by Gasteiger charge is -2.09. The van der Waals surface area contributed by atoms with Gasteiger partial charge in [0, 0.05) is 19.1 Å². The topological polar surface area (TPSA) is 44.6 Å². The van der Waals surface area contributed by atoms with Gasteiger partial charge in [-0.25, -0.2) is 0 Å². The SMILES string of the molecule is CC(CCO)C1=NCCN1. The zero-order valence-corrected chi connectivity index (χ0v) is 6.30. The maximum Gasteiger partial charge on any atom is 0.0993 e. The van der Waals surface area contributed by atoms with E-state index in [-0.39, 0.29) is 6.61 Å². The number of nitrogens with zero attached hydrogens (tertiary/aromatic N) is 1. The number of rotatable bonds is 3. The number of hydrogen-bond acceptors (Lipinski definition) is 3. The first-order valence-electron chi connectivity index (χ1n) is 3.73. The van der Waals surface area contributed by atoms with E-state index in [2.05, 4.69) is 17.2 Å². The second kappa shape index (κ2) is 3.56. The lowest BCUT2D eigenvalue weighted by atomic mass is 10.1. The van der Waals surface area contributed by atoms with E-state index in [0.29, 0.717) is 5.92 Å². The molecule has 0 bridgehead atoms. The Bertz CT molecular complexity index is 134. The molecule has 0 aromatic carbocycles. The largest absolute Gasteiger partial charge is 0.396 e. The molecule has 0 saturated carbocycles. The number of aliphatic hydroxyl groups is 1. The summed E-state index contributed by atoms with van der Waals surface area (Å²) in [6, 6.07) is 0. The molecule has 1 aliphatic rings. The van der Waals surface area contributed by atoms with Crippen LogP contribution in [0.2, 0.25) is 0 Å². The fraction of sp³-hybridized carbons (Fsp3) is 0.857. The van der Waals surface area contributed by atoms with Crippen molar-refractivity contribution in [3.8, 4) is 0 Å². The van der Waals surface area contributed by atoms with Gasteiger partial charge in [0.05, 0.1) is 12.4 Å². The molecule has 58 valence electrons. The molecular weight excluding hydrogens is 128 g/mol. The minimum Gasteiger partial charge on any atom is -0.396 e. The Labute approximate surface area is 61.2 Å². The molecule has 0 aliphatic carbocycles. The van der Waals surface area contributed by atoms with Gasteiger partial charge in [-0.15, -0.1) is 0 Å². The molecule has 0 spiro atoms. The summed E-state index contributed by atoms with van der Waals surface area (Å²) in [5.41, 5.74) is 0. The third kappa shape index (κ3) is 1.70. The molecule has 1 rings (SSSR count). The third-order valence-corrected chi connectivity index (χ3v) is 1.73. The van der Waals surface area contributed by atoms with E-state index in [9.17, 15) is 0 Å². The van der Waals surface area contributed by atoms with Crippen molar-refractivity contribution < 1.29 is 5.11 Å². The van der Waals surface area contributed by atoms with Crippen molar-refractivity contribution in [2.75, 3.05) is 19.7 Å². The first-order chi connectivity index (χ1) is 4.84. The molecule has 1 atom stereocenters. The van der Waals surface area contributed by atoms with Gasteiger partial charge in [0.15, 0.2) is 0 Å². The highest BCUT2D eigenvalue weighted by atomic mass is 16.3. The van der Waals surface area contributed by atoms with Crippen LogP contribution in [0.4, 0.5) is 0 Å². The smallest absolute Gasteiger partial charge is 0.0993 e. The molecule has 3 nitrogen and oxygen atoms in total. The normalized spacial score (nSPS) is 20.0. The molecule has 10 heavy (non-hydrogen) atoms. The monoisotopic (exact) mass is 142 g/mol. The van der Waals surface area contributed by atoms with Gasteiger partial charge in [-0.1, -0.05) is 6.92 Å². The Balaban J connectivity index is 2.32. The average molecular weight is 142 g/mol. The Morgan fingerprint density at radius 2 is 2.60 bits per heavy atom. The summed E-state index contributed by atoms with van der Waals surface area (Å²) in [5.74, 6) is 1.46. The van der Waals surface area contributed by atoms with Gasteiger partial charge < -0.3 is 10.4 Å². The molecule has 0 fully saturated rings. The molecule has 0 radical (unpaired) electrons. The molecule has 1 unspecified atom stereocenters. The summed E-state index contributed by atoms with van der Waals surface area (Å²) in [6.07, 6.45) is 0.811. The van der Waals surface area contributed by atoms with E-state index in [4.69, 9.17) is 5.11 Å². The summed E-state index contributed by atoms with van der Waals surface area (Å²) in [4.78, 5) is 4.25. The second-order valence-electron chi connectivity index (χ2n) is 2.61. The predicted octanol–water partition coefficient (Wildman–Crippen LogP) is 0.00660. The summed E-state index contributed by atoms with van der Waals surface area (Å²) in [6.45, 7) is 4.19. The number of hydrogen-bond donors (Lipinski definition) is 2. The molecular formula is C7H14N2O. The van der Waals surface area contributed by atoms with Crippen molar-refractivity contribution in [1.29, 1.82) is 0 Å². The van der Waals surface area contributed by atoms with Crippen molar-refractivity contribution in [2.45, 2.75) is 13.3 Å². The Hall–Kier alpha value is -0.570. The van der Waals surface area contributed by atoms with Crippen molar-refractivity contribution in [2.24, 2.45) is 10.9 Å². The van der Waals surface area contributed by atoms with E-state index in [1.165, 1.54) is 0 Å². The number of aliphatic imine (C=N–C) groups is 1. The van der Waals surface area contributed by atoms with E-state index >= 15 is 0 Å². The van der Waals surface area contributed by atoms with Crippen LogP contribution in [-0.2, 0) is 0 Å². The van der Waals surface area contributed by atoms with Crippen LogP contribution < -0.4 is 5.32 Å². The predicted molar refractivity (Wildman–Crippen MR) is 41.2 cm³/mol. The minimum absolute atomic E-state index is 0.252. The maximum absolute atomic E-state index is 8.61. The van der Waals surface area contributed by atoms with Gasteiger partial charge >= 0.3 is 0 Å². The fourth-order valence-electron chi connectivity index (χ4n) is 1.08. The average Bonchev–Trinajstić information content (AvgIpc) is 2.38. The van der Waals surface area contributed by atoms with E-state index in [1.807, 2.05) is 0 Å². The zero-order valence-electron chi connectivity index (χ0n) is 6.30. The van der Waals surface area contributed by atoms with Crippen LogP contribution in [0, 0.1) is 5.92 Å². The molecule has 2 N–H and O–H groups in total. The molecule has 0 saturated heterocycles. The third-order valence-electron chi connectivity index (χ3n) is 1.73.